The van der Waals surface area contributed by atoms with Gasteiger partial charge in [-0.2, -0.15) is 15.2 Å². The lowest BCUT2D eigenvalue weighted by Crippen LogP contribution is -2.50. The molecule has 2 aliphatic rings. The number of piperazine rings is 1. The summed E-state index contributed by atoms with van der Waals surface area (Å²) in [5, 5.41) is 35.0. The summed E-state index contributed by atoms with van der Waals surface area (Å²) < 4.78 is 5.45. The monoisotopic (exact) mass is 562 g/mol. The summed E-state index contributed by atoms with van der Waals surface area (Å²) >= 11 is 0. The third-order valence-electron chi connectivity index (χ3n) is 7.17. The molecular formula is C30H38N6O5. The Labute approximate surface area is 240 Å². The lowest BCUT2D eigenvalue weighted by atomic mass is 9.93. The molecule has 0 unspecified atom stereocenters. The Morgan fingerprint density at radius 1 is 1.15 bits per heavy atom. The predicted octanol–water partition coefficient (Wildman–Crippen LogP) is 4.53. The van der Waals surface area contributed by atoms with Crippen LogP contribution >= 0.6 is 0 Å². The number of methoxy groups -OCH3 is 1. The minimum absolute atomic E-state index is 0.285. The predicted molar refractivity (Wildman–Crippen MR) is 159 cm³/mol. The highest BCUT2D eigenvalue weighted by molar-refractivity contribution is 5.91. The molecule has 3 N–H and O–H groups in total. The van der Waals surface area contributed by atoms with Gasteiger partial charge >= 0.3 is 12.0 Å². The Balaban J connectivity index is 0.00000147. The zero-order valence-corrected chi connectivity index (χ0v) is 24.1. The van der Waals surface area contributed by atoms with Gasteiger partial charge in [-0.15, -0.1) is 0 Å². The second-order valence-corrected chi connectivity index (χ2v) is 9.42. The minimum atomic E-state index is -1.38. The van der Waals surface area contributed by atoms with E-state index < -0.39 is 17.6 Å². The number of hydrogen-bond donors (Lipinski definition) is 3. The molecule has 0 aliphatic carbocycles. The summed E-state index contributed by atoms with van der Waals surface area (Å²) in [6.45, 7) is 12.6. The number of ether oxygens (including phenoxy) is 1. The number of anilines is 2. The number of fused-ring (bicyclic) bond motifs is 1. The third kappa shape index (κ3) is 6.72. The van der Waals surface area contributed by atoms with Gasteiger partial charge in [0.05, 0.1) is 25.4 Å². The molecule has 0 radical (unpaired) electrons. The van der Waals surface area contributed by atoms with E-state index in [1.807, 2.05) is 6.08 Å². The molecule has 11 heteroatoms. The van der Waals surface area contributed by atoms with Crippen LogP contribution in [0.2, 0.25) is 0 Å². The highest BCUT2D eigenvalue weighted by atomic mass is 16.5. The number of nitriles is 1. The van der Waals surface area contributed by atoms with Crippen LogP contribution in [0.1, 0.15) is 49.6 Å². The number of allylic oxidation sites excluding steroid dienone is 2. The molecule has 3 heterocycles. The Morgan fingerprint density at radius 2 is 1.83 bits per heavy atom. The normalized spacial score (nSPS) is 14.7. The van der Waals surface area contributed by atoms with Crippen molar-refractivity contribution in [3.8, 4) is 12.1 Å². The molecule has 2 aliphatic heterocycles. The maximum atomic E-state index is 12.3. The van der Waals surface area contributed by atoms with Gasteiger partial charge in [0.25, 0.3) is 11.7 Å². The Morgan fingerprint density at radius 3 is 2.39 bits per heavy atom. The van der Waals surface area contributed by atoms with E-state index in [4.69, 9.17) is 25.2 Å². The van der Waals surface area contributed by atoms with Gasteiger partial charge in [-0.05, 0) is 37.0 Å². The van der Waals surface area contributed by atoms with Crippen LogP contribution in [0.5, 0.6) is 6.01 Å². The van der Waals surface area contributed by atoms with E-state index in [1.54, 1.807) is 13.2 Å². The number of nitrogens with zero attached hydrogens (tertiary/aromatic N) is 6. The summed E-state index contributed by atoms with van der Waals surface area (Å²) in [6.07, 6.45) is 5.72. The molecule has 2 aromatic rings. The molecule has 1 aromatic heterocycles. The Bertz CT molecular complexity index is 1370. The lowest BCUT2D eigenvalue weighted by molar-refractivity contribution is -0.131. The topological polar surface area (TPSA) is 146 Å². The highest BCUT2D eigenvalue weighted by Gasteiger charge is 2.31. The van der Waals surface area contributed by atoms with Crippen LogP contribution in [0.4, 0.5) is 11.5 Å². The van der Waals surface area contributed by atoms with Gasteiger partial charge in [0, 0.05) is 56.5 Å². The second kappa shape index (κ2) is 14.1. The van der Waals surface area contributed by atoms with Gasteiger partial charge in [-0.1, -0.05) is 37.8 Å². The van der Waals surface area contributed by atoms with E-state index >= 15 is 0 Å². The standard InChI is InChI=1S/C28H35N5O5.C2H3N/c1-5-18(6-2)23-19(7-3)9-8-10-22(23)33-12-11-20-21(17-33)29-28(38-4)30-25(20)31-13-15-32(16-14-31)26(35)24(34)27(36)37;1-2-3/h5,7-10,34,36-37H,3,6,11-17H2,1-2,4H3;1H3/b18-5-;. The van der Waals surface area contributed by atoms with E-state index in [1.165, 1.54) is 23.0 Å². The quantitative estimate of drug-likeness (QED) is 0.325. The summed E-state index contributed by atoms with van der Waals surface area (Å²) in [5.74, 6) is -2.46. The first kappa shape index (κ1) is 30.8. The zero-order chi connectivity index (χ0) is 30.1. The number of rotatable bonds is 7. The molecule has 1 saturated heterocycles. The Kier molecular flexibility index (Phi) is 10.6. The van der Waals surface area contributed by atoms with Crippen LogP contribution < -0.4 is 14.5 Å². The van der Waals surface area contributed by atoms with E-state index in [2.05, 4.69) is 59.5 Å². The lowest BCUT2D eigenvalue weighted by Gasteiger charge is -2.38. The SMILES string of the molecule is C=Cc1cccc(N2CCc3c(nc(OC)nc3N3CCN(C(=O)C(O)=C(O)O)CC3)C2)c1/C(=C\C)CC.CC#N. The van der Waals surface area contributed by atoms with Crippen LogP contribution in [0, 0.1) is 11.3 Å². The smallest absolute Gasteiger partial charge is 0.324 e. The molecule has 1 fully saturated rings. The average Bonchev–Trinajstić information content (AvgIpc) is 3.00. The third-order valence-corrected chi connectivity index (χ3v) is 7.17. The van der Waals surface area contributed by atoms with Crippen LogP contribution in [0.3, 0.4) is 0 Å². The molecule has 0 atom stereocenters. The van der Waals surface area contributed by atoms with Crippen molar-refractivity contribution in [2.75, 3.05) is 49.6 Å². The van der Waals surface area contributed by atoms with Crippen LogP contribution in [-0.2, 0) is 17.8 Å². The number of aliphatic hydroxyl groups is 3. The van der Waals surface area contributed by atoms with Crippen LogP contribution in [-0.4, -0.2) is 75.9 Å². The van der Waals surface area contributed by atoms with Gasteiger partial charge in [0.2, 0.25) is 0 Å². The first-order chi connectivity index (χ1) is 19.7. The van der Waals surface area contributed by atoms with Gasteiger partial charge < -0.3 is 34.8 Å². The van der Waals surface area contributed by atoms with Crippen molar-refractivity contribution >= 4 is 29.1 Å². The zero-order valence-electron chi connectivity index (χ0n) is 24.1. The number of benzene rings is 1. The van der Waals surface area contributed by atoms with Crippen molar-refractivity contribution in [3.05, 3.63) is 64.9 Å². The molecule has 0 bridgehead atoms. The van der Waals surface area contributed by atoms with Crippen molar-refractivity contribution in [2.45, 2.75) is 40.2 Å². The first-order valence-electron chi connectivity index (χ1n) is 13.5. The maximum Gasteiger partial charge on any atom is 0.324 e. The largest absolute Gasteiger partial charge is 0.498 e. The maximum absolute atomic E-state index is 12.3. The molecule has 0 saturated carbocycles. The number of aliphatic hydroxyl groups excluding tert-OH is 2. The summed E-state index contributed by atoms with van der Waals surface area (Å²) in [6, 6.07) is 8.34. The molecule has 0 spiro atoms. The van der Waals surface area contributed by atoms with Crippen molar-refractivity contribution in [3.63, 3.8) is 0 Å². The van der Waals surface area contributed by atoms with Gasteiger partial charge in [-0.3, -0.25) is 4.79 Å². The molecule has 1 amide bonds. The van der Waals surface area contributed by atoms with E-state index in [9.17, 15) is 9.90 Å². The van der Waals surface area contributed by atoms with Crippen molar-refractivity contribution in [1.82, 2.24) is 14.9 Å². The second-order valence-electron chi connectivity index (χ2n) is 9.42. The summed E-state index contributed by atoms with van der Waals surface area (Å²) in [5.41, 5.74) is 6.67. The molecule has 11 nitrogen and oxygen atoms in total. The van der Waals surface area contributed by atoms with Gasteiger partial charge in [-0.25, -0.2) is 0 Å². The molecule has 218 valence electrons. The molecule has 41 heavy (non-hydrogen) atoms. The average molecular weight is 563 g/mol. The number of carbonyl (C=O) groups excluding carboxylic acids is 1. The fraction of sp³-hybridized carbons (Fsp3) is 0.400. The van der Waals surface area contributed by atoms with Gasteiger partial charge in [0.15, 0.2) is 0 Å². The Hall–Kier alpha value is -4.72. The van der Waals surface area contributed by atoms with E-state index in [0.29, 0.717) is 32.7 Å². The molecule has 4 rings (SSSR count). The summed E-state index contributed by atoms with van der Waals surface area (Å²) in [7, 11) is 1.55. The summed E-state index contributed by atoms with van der Waals surface area (Å²) in [4.78, 5) is 27.5. The number of aromatic nitrogens is 2. The number of amides is 1. The molecule has 1 aromatic carbocycles. The van der Waals surface area contributed by atoms with Crippen molar-refractivity contribution < 1.29 is 24.9 Å². The van der Waals surface area contributed by atoms with Crippen molar-refractivity contribution in [2.24, 2.45) is 0 Å². The van der Waals surface area contributed by atoms with Gasteiger partial charge in [0.1, 0.15) is 5.82 Å². The fourth-order valence-electron chi connectivity index (χ4n) is 5.18. The first-order valence-corrected chi connectivity index (χ1v) is 13.5. The fourth-order valence-corrected chi connectivity index (χ4v) is 5.18. The number of hydrogen-bond acceptors (Lipinski definition) is 10. The van der Waals surface area contributed by atoms with E-state index in [-0.39, 0.29) is 6.01 Å². The van der Waals surface area contributed by atoms with Crippen LogP contribution in [0.15, 0.2) is 42.6 Å². The highest BCUT2D eigenvalue weighted by Crippen LogP contribution is 2.37. The number of carbonyl (C=O) groups is 1. The minimum Gasteiger partial charge on any atom is -0.498 e. The van der Waals surface area contributed by atoms with Crippen molar-refractivity contribution in [1.29, 1.82) is 5.26 Å². The molecular weight excluding hydrogens is 524 g/mol. The van der Waals surface area contributed by atoms with E-state index in [0.717, 1.165) is 47.7 Å². The van der Waals surface area contributed by atoms with Crippen LogP contribution in [0.25, 0.3) is 11.6 Å².